The van der Waals surface area contributed by atoms with Gasteiger partial charge in [0.05, 0.1) is 0 Å². The van der Waals surface area contributed by atoms with Gasteiger partial charge in [-0.15, -0.1) is 0 Å². The first-order chi connectivity index (χ1) is 7.14. The van der Waals surface area contributed by atoms with Gasteiger partial charge >= 0.3 is 0 Å². The molecule has 1 N–H and O–H groups in total. The lowest BCUT2D eigenvalue weighted by Crippen LogP contribution is -2.49. The number of hydrogen-bond acceptors (Lipinski definition) is 1. The fraction of sp³-hybridized carbons (Fsp3) is 0.571. The van der Waals surface area contributed by atoms with Crippen LogP contribution >= 0.6 is 0 Å². The van der Waals surface area contributed by atoms with Crippen molar-refractivity contribution in [1.82, 2.24) is 5.32 Å². The van der Waals surface area contributed by atoms with Crippen LogP contribution in [0.2, 0.25) is 0 Å². The highest BCUT2D eigenvalue weighted by Gasteiger charge is 2.29. The Labute approximate surface area is 93.9 Å². The van der Waals surface area contributed by atoms with Crippen molar-refractivity contribution in [3.63, 3.8) is 0 Å². The van der Waals surface area contributed by atoms with Crippen LogP contribution in [0.3, 0.4) is 0 Å². The summed E-state index contributed by atoms with van der Waals surface area (Å²) < 4.78 is 0. The van der Waals surface area contributed by atoms with E-state index >= 15 is 0 Å². The molecule has 0 radical (unpaired) electrons. The van der Waals surface area contributed by atoms with Crippen molar-refractivity contribution in [2.24, 2.45) is 5.92 Å². The van der Waals surface area contributed by atoms with Crippen LogP contribution in [0.15, 0.2) is 30.3 Å². The van der Waals surface area contributed by atoms with Crippen molar-refractivity contribution in [3.05, 3.63) is 35.9 Å². The first-order valence-corrected chi connectivity index (χ1v) is 5.87. The summed E-state index contributed by atoms with van der Waals surface area (Å²) in [5, 5.41) is 3.51. The molecule has 0 heterocycles. The largest absolute Gasteiger partial charge is 0.314 e. The predicted molar refractivity (Wildman–Crippen MR) is 67.1 cm³/mol. The van der Waals surface area contributed by atoms with E-state index in [1.165, 1.54) is 5.56 Å². The van der Waals surface area contributed by atoms with Gasteiger partial charge in [0.1, 0.15) is 0 Å². The Bertz CT molecular complexity index is 273. The zero-order chi connectivity index (χ0) is 11.3. The average molecular weight is 205 g/mol. The van der Waals surface area contributed by atoms with E-state index < -0.39 is 0 Å². The van der Waals surface area contributed by atoms with E-state index in [9.17, 15) is 0 Å². The van der Waals surface area contributed by atoms with Crippen molar-refractivity contribution in [2.45, 2.75) is 39.2 Å². The Kier molecular flexibility index (Phi) is 4.34. The lowest BCUT2D eigenvalue weighted by molar-refractivity contribution is 0.241. The zero-order valence-corrected chi connectivity index (χ0v) is 10.4. The molecule has 0 saturated heterocycles. The minimum absolute atomic E-state index is 0.237. The molecular weight excluding hydrogens is 182 g/mol. The summed E-state index contributed by atoms with van der Waals surface area (Å²) in [7, 11) is 2.08. The molecule has 1 unspecified atom stereocenters. The number of hydrogen-bond donors (Lipinski definition) is 1. The first-order valence-electron chi connectivity index (χ1n) is 5.87. The summed E-state index contributed by atoms with van der Waals surface area (Å²) in [6.07, 6.45) is 2.27. The Balaban J connectivity index is 2.84. The van der Waals surface area contributed by atoms with Crippen LogP contribution < -0.4 is 5.32 Å². The molecule has 0 aliphatic carbocycles. The minimum atomic E-state index is 0.237. The molecule has 1 heteroatoms. The van der Waals surface area contributed by atoms with Gasteiger partial charge in [0.2, 0.25) is 0 Å². The second kappa shape index (κ2) is 5.32. The first kappa shape index (κ1) is 12.3. The highest BCUT2D eigenvalue weighted by atomic mass is 14.9. The molecule has 84 valence electrons. The summed E-state index contributed by atoms with van der Waals surface area (Å²) >= 11 is 0. The Morgan fingerprint density at radius 2 is 1.80 bits per heavy atom. The fourth-order valence-electron chi connectivity index (χ4n) is 2.25. The number of benzene rings is 1. The molecule has 1 aromatic carbocycles. The fourth-order valence-corrected chi connectivity index (χ4v) is 2.25. The molecular formula is C14H23N. The number of rotatable bonds is 5. The lowest BCUT2D eigenvalue weighted by Gasteiger charge is -2.37. The van der Waals surface area contributed by atoms with Gasteiger partial charge in [-0.25, -0.2) is 0 Å². The topological polar surface area (TPSA) is 12.0 Å². The molecule has 0 bridgehead atoms. The molecule has 0 spiro atoms. The molecule has 0 aliphatic heterocycles. The molecule has 15 heavy (non-hydrogen) atoms. The Morgan fingerprint density at radius 3 is 2.20 bits per heavy atom. The van der Waals surface area contributed by atoms with Crippen LogP contribution in [0.4, 0.5) is 0 Å². The molecule has 1 aromatic rings. The predicted octanol–water partition coefficient (Wildman–Crippen LogP) is 3.25. The van der Waals surface area contributed by atoms with E-state index in [0.717, 1.165) is 12.8 Å². The van der Waals surface area contributed by atoms with Crippen LogP contribution in [0.25, 0.3) is 0 Å². The van der Waals surface area contributed by atoms with Crippen molar-refractivity contribution in [2.75, 3.05) is 7.05 Å². The highest BCUT2D eigenvalue weighted by Crippen LogP contribution is 2.25. The second-order valence-electron chi connectivity index (χ2n) is 4.58. The summed E-state index contributed by atoms with van der Waals surface area (Å²) in [6, 6.07) is 10.7. The average Bonchev–Trinajstić information content (AvgIpc) is 2.27. The third-order valence-corrected chi connectivity index (χ3v) is 3.60. The van der Waals surface area contributed by atoms with Gasteiger partial charge in [-0.2, -0.15) is 0 Å². The maximum atomic E-state index is 3.51. The summed E-state index contributed by atoms with van der Waals surface area (Å²) in [4.78, 5) is 0. The van der Waals surface area contributed by atoms with Gasteiger partial charge in [0.15, 0.2) is 0 Å². The molecule has 0 aliphatic rings. The van der Waals surface area contributed by atoms with Gasteiger partial charge in [-0.3, -0.25) is 0 Å². The molecule has 1 rings (SSSR count). The van der Waals surface area contributed by atoms with E-state index in [1.54, 1.807) is 0 Å². The van der Waals surface area contributed by atoms with Crippen LogP contribution in [0.1, 0.15) is 32.8 Å². The van der Waals surface area contributed by atoms with E-state index in [1.807, 2.05) is 0 Å². The van der Waals surface area contributed by atoms with Crippen molar-refractivity contribution >= 4 is 0 Å². The van der Waals surface area contributed by atoms with Crippen LogP contribution in [0, 0.1) is 5.92 Å². The van der Waals surface area contributed by atoms with Gasteiger partial charge in [-0.1, -0.05) is 51.1 Å². The standard InChI is InChI=1S/C14H23N/c1-5-14(15-4,12(2)3)11-13-9-7-6-8-10-13/h6-10,12,15H,5,11H2,1-4H3. The molecule has 0 aromatic heterocycles. The lowest BCUT2D eigenvalue weighted by atomic mass is 9.79. The monoisotopic (exact) mass is 205 g/mol. The van der Waals surface area contributed by atoms with Crippen molar-refractivity contribution in [3.8, 4) is 0 Å². The maximum Gasteiger partial charge on any atom is 0.0239 e. The van der Waals surface area contributed by atoms with Gasteiger partial charge in [0.25, 0.3) is 0 Å². The zero-order valence-electron chi connectivity index (χ0n) is 10.4. The normalized spacial score (nSPS) is 15.3. The molecule has 1 atom stereocenters. The van der Waals surface area contributed by atoms with Crippen LogP contribution in [-0.4, -0.2) is 12.6 Å². The molecule has 1 nitrogen and oxygen atoms in total. The highest BCUT2D eigenvalue weighted by molar-refractivity contribution is 5.18. The van der Waals surface area contributed by atoms with Gasteiger partial charge < -0.3 is 5.32 Å². The van der Waals surface area contributed by atoms with Crippen LogP contribution in [0.5, 0.6) is 0 Å². The van der Waals surface area contributed by atoms with E-state index in [2.05, 4.69) is 63.5 Å². The molecule has 0 amide bonds. The quantitative estimate of drug-likeness (QED) is 0.778. The smallest absolute Gasteiger partial charge is 0.0239 e. The second-order valence-corrected chi connectivity index (χ2v) is 4.58. The number of likely N-dealkylation sites (N-methyl/N-ethyl adjacent to an activating group) is 1. The van der Waals surface area contributed by atoms with Gasteiger partial charge in [-0.05, 0) is 31.4 Å². The Morgan fingerprint density at radius 1 is 1.20 bits per heavy atom. The SMILES string of the molecule is CCC(Cc1ccccc1)(NC)C(C)C. The summed E-state index contributed by atoms with van der Waals surface area (Å²) in [5.74, 6) is 0.646. The van der Waals surface area contributed by atoms with E-state index in [4.69, 9.17) is 0 Å². The molecule has 0 saturated carbocycles. The minimum Gasteiger partial charge on any atom is -0.314 e. The summed E-state index contributed by atoms with van der Waals surface area (Å²) in [6.45, 7) is 6.85. The van der Waals surface area contributed by atoms with E-state index in [0.29, 0.717) is 5.92 Å². The third-order valence-electron chi connectivity index (χ3n) is 3.60. The molecule has 0 fully saturated rings. The van der Waals surface area contributed by atoms with Crippen molar-refractivity contribution in [1.29, 1.82) is 0 Å². The third kappa shape index (κ3) is 2.82. The summed E-state index contributed by atoms with van der Waals surface area (Å²) in [5.41, 5.74) is 1.66. The van der Waals surface area contributed by atoms with E-state index in [-0.39, 0.29) is 5.54 Å². The maximum absolute atomic E-state index is 3.51. The van der Waals surface area contributed by atoms with Crippen LogP contribution in [-0.2, 0) is 6.42 Å². The number of nitrogens with one attached hydrogen (secondary N) is 1. The Hall–Kier alpha value is -0.820. The van der Waals surface area contributed by atoms with Crippen molar-refractivity contribution < 1.29 is 0 Å². The van der Waals surface area contributed by atoms with Gasteiger partial charge in [0, 0.05) is 5.54 Å².